The van der Waals surface area contributed by atoms with Crippen molar-refractivity contribution >= 4 is 27.7 Å². The third-order valence-electron chi connectivity index (χ3n) is 8.12. The second-order valence-electron chi connectivity index (χ2n) is 11.1. The van der Waals surface area contributed by atoms with Crippen LogP contribution in [0, 0.1) is 5.82 Å². The molecule has 2 aromatic rings. The Balaban J connectivity index is 1.59. The van der Waals surface area contributed by atoms with E-state index in [1.807, 2.05) is 0 Å². The van der Waals surface area contributed by atoms with Gasteiger partial charge in [0.15, 0.2) is 0 Å². The molecular weight excluding hydrogens is 584 g/mol. The average Bonchev–Trinajstić information content (AvgIpc) is 3.50. The van der Waals surface area contributed by atoms with Crippen LogP contribution in [-0.2, 0) is 9.59 Å². The molecule has 1 aromatic carbocycles. The highest BCUT2D eigenvalue weighted by atomic mass is 32.5. The topological polar surface area (TPSA) is 74.3 Å². The van der Waals surface area contributed by atoms with Gasteiger partial charge in [0.05, 0.1) is 11.7 Å². The smallest absolute Gasteiger partial charge is 0.310 e. The maximum Gasteiger partial charge on any atom is 0.310 e. The number of rotatable bonds is 7. The number of amides is 2. The molecule has 226 valence electrons. The van der Waals surface area contributed by atoms with Gasteiger partial charge in [-0.15, -0.1) is 0 Å². The lowest BCUT2D eigenvalue weighted by Gasteiger charge is -2.41. The molecule has 0 spiro atoms. The second-order valence-corrected chi connectivity index (χ2v) is 13.5. The standard InChI is InChI=1S/C26H28F8N4O2S/c27-17-13-16(14-35-15-17)22(23(39)36-18-7-11-26(28,29)12-8-18)38(24(40)25-9-5-19(37-25)6-10-25)20-1-3-21(4-2-20)41(30,31,32,33)34/h1-4,13-15,18-19,22,37H,5-12H2,(H,36,39). The third-order valence-corrected chi connectivity index (χ3v) is 9.28. The number of alkyl halides is 2. The fourth-order valence-electron chi connectivity index (χ4n) is 6.00. The molecule has 41 heavy (non-hydrogen) atoms. The highest BCUT2D eigenvalue weighted by molar-refractivity contribution is 8.45. The number of nitrogens with one attached hydrogen (secondary N) is 2. The van der Waals surface area contributed by atoms with Crippen LogP contribution in [0.25, 0.3) is 0 Å². The molecule has 2 N–H and O–H groups in total. The first-order valence-electron chi connectivity index (χ1n) is 13.1. The normalized spacial score (nSPS) is 26.6. The quantitative estimate of drug-likeness (QED) is 0.333. The monoisotopic (exact) mass is 612 g/mol. The fraction of sp³-hybridized carbons (Fsp3) is 0.500. The number of pyridine rings is 1. The number of fused-ring (bicyclic) bond motifs is 2. The van der Waals surface area contributed by atoms with Gasteiger partial charge >= 0.3 is 10.2 Å². The van der Waals surface area contributed by atoms with E-state index in [2.05, 4.69) is 15.6 Å². The van der Waals surface area contributed by atoms with E-state index < -0.39 is 69.1 Å². The van der Waals surface area contributed by atoms with Crippen molar-refractivity contribution in [2.45, 2.75) is 85.8 Å². The van der Waals surface area contributed by atoms with E-state index in [0.29, 0.717) is 37.8 Å². The zero-order chi connectivity index (χ0) is 29.9. The van der Waals surface area contributed by atoms with Gasteiger partial charge in [0.1, 0.15) is 16.8 Å². The maximum absolute atomic E-state index is 14.3. The van der Waals surface area contributed by atoms with Gasteiger partial charge < -0.3 is 10.6 Å². The van der Waals surface area contributed by atoms with Gasteiger partial charge in [-0.05, 0) is 68.9 Å². The zero-order valence-corrected chi connectivity index (χ0v) is 22.4. The van der Waals surface area contributed by atoms with Crippen molar-refractivity contribution in [2.75, 3.05) is 4.90 Å². The Morgan fingerprint density at radius 1 is 0.951 bits per heavy atom. The van der Waals surface area contributed by atoms with Gasteiger partial charge in [-0.2, -0.15) is 0 Å². The second kappa shape index (κ2) is 9.28. The summed E-state index contributed by atoms with van der Waals surface area (Å²) in [6.07, 6.45) is 2.76. The zero-order valence-electron chi connectivity index (χ0n) is 21.6. The highest BCUT2D eigenvalue weighted by Gasteiger charge is 2.65. The Kier molecular flexibility index (Phi) is 6.69. The lowest BCUT2D eigenvalue weighted by molar-refractivity contribution is -0.130. The predicted octanol–water partition coefficient (Wildman–Crippen LogP) is 6.93. The fourth-order valence-corrected chi connectivity index (χ4v) is 6.65. The summed E-state index contributed by atoms with van der Waals surface area (Å²) in [6.45, 7) is 0. The van der Waals surface area contributed by atoms with Crippen molar-refractivity contribution < 1.29 is 42.2 Å². The summed E-state index contributed by atoms with van der Waals surface area (Å²) in [5.74, 6) is -5.38. The Morgan fingerprint density at radius 3 is 2.07 bits per heavy atom. The molecule has 15 heteroatoms. The number of halogens is 8. The van der Waals surface area contributed by atoms with Crippen LogP contribution in [0.15, 0.2) is 47.6 Å². The van der Waals surface area contributed by atoms with Gasteiger partial charge in [-0.3, -0.25) is 19.5 Å². The van der Waals surface area contributed by atoms with Gasteiger partial charge in [0, 0.05) is 42.4 Å². The molecule has 2 aliphatic heterocycles. The summed E-state index contributed by atoms with van der Waals surface area (Å²) >= 11 is 0. The number of carbonyl (C=O) groups excluding carboxylic acids is 2. The van der Waals surface area contributed by atoms with Crippen LogP contribution < -0.4 is 15.5 Å². The van der Waals surface area contributed by atoms with E-state index in [4.69, 9.17) is 0 Å². The van der Waals surface area contributed by atoms with Crippen molar-refractivity contribution in [2.24, 2.45) is 0 Å². The first-order valence-corrected chi connectivity index (χ1v) is 15.1. The molecule has 2 saturated heterocycles. The Hall–Kier alpha value is -2.94. The minimum atomic E-state index is -10.1. The van der Waals surface area contributed by atoms with Gasteiger partial charge in [0.2, 0.25) is 17.7 Å². The van der Waals surface area contributed by atoms with E-state index in [1.54, 1.807) is 0 Å². The van der Waals surface area contributed by atoms with Crippen LogP contribution in [0.2, 0.25) is 0 Å². The molecule has 1 atom stereocenters. The number of aromatic nitrogens is 1. The molecule has 3 fully saturated rings. The number of carbonyl (C=O) groups is 2. The highest BCUT2D eigenvalue weighted by Crippen LogP contribution is 3.02. The molecule has 1 saturated carbocycles. The van der Waals surface area contributed by atoms with Crippen LogP contribution in [0.4, 0.5) is 38.3 Å². The summed E-state index contributed by atoms with van der Waals surface area (Å²) in [4.78, 5) is 30.5. The minimum Gasteiger partial charge on any atom is -0.351 e. The molecule has 1 unspecified atom stereocenters. The molecule has 6 nitrogen and oxygen atoms in total. The van der Waals surface area contributed by atoms with E-state index >= 15 is 0 Å². The van der Waals surface area contributed by atoms with E-state index in [0.717, 1.165) is 23.4 Å². The van der Waals surface area contributed by atoms with Gasteiger partial charge in [-0.25, -0.2) is 13.2 Å². The van der Waals surface area contributed by atoms with Crippen LogP contribution in [0.3, 0.4) is 0 Å². The van der Waals surface area contributed by atoms with E-state index in [-0.39, 0.29) is 42.3 Å². The Labute approximate surface area is 230 Å². The van der Waals surface area contributed by atoms with Crippen LogP contribution in [0.1, 0.15) is 63.0 Å². The molecule has 2 amide bonds. The number of benzene rings is 1. The lowest BCUT2D eigenvalue weighted by atomic mass is 9.85. The van der Waals surface area contributed by atoms with Crippen molar-refractivity contribution in [3.8, 4) is 0 Å². The molecule has 3 heterocycles. The summed E-state index contributed by atoms with van der Waals surface area (Å²) in [5.41, 5.74) is -1.64. The first kappa shape index (κ1) is 29.5. The molecule has 1 aliphatic carbocycles. The molecule has 5 rings (SSSR count). The van der Waals surface area contributed by atoms with Gasteiger partial charge in [0.25, 0.3) is 0 Å². The molecule has 1 aromatic heterocycles. The van der Waals surface area contributed by atoms with Crippen LogP contribution in [-0.4, -0.2) is 40.3 Å². The molecule has 3 aliphatic rings. The number of anilines is 1. The summed E-state index contributed by atoms with van der Waals surface area (Å²) < 4.78 is 109. The molecule has 2 bridgehead atoms. The largest absolute Gasteiger partial charge is 0.351 e. The average molecular weight is 613 g/mol. The maximum atomic E-state index is 14.3. The lowest BCUT2D eigenvalue weighted by Crippen LogP contribution is -2.57. The van der Waals surface area contributed by atoms with Gasteiger partial charge in [-0.1, -0.05) is 19.4 Å². The van der Waals surface area contributed by atoms with Crippen molar-refractivity contribution in [3.63, 3.8) is 0 Å². The molecule has 0 radical (unpaired) electrons. The third kappa shape index (κ3) is 6.15. The Morgan fingerprint density at radius 2 is 1.56 bits per heavy atom. The summed E-state index contributed by atoms with van der Waals surface area (Å²) in [7, 11) is -10.1. The Bertz CT molecular complexity index is 1340. The molecular formula is C26H28F8N4O2S. The number of hydrogen-bond acceptors (Lipinski definition) is 4. The van der Waals surface area contributed by atoms with E-state index in [9.17, 15) is 42.2 Å². The SMILES string of the molecule is O=C(NC1CCC(F)(F)CC1)C(c1cncc(F)c1)N(C(=O)C12CCC(CC1)N2)c1ccc(S(F)(F)(F)(F)F)cc1. The predicted molar refractivity (Wildman–Crippen MR) is 136 cm³/mol. The van der Waals surface area contributed by atoms with Crippen LogP contribution in [0.5, 0.6) is 0 Å². The van der Waals surface area contributed by atoms with Crippen molar-refractivity contribution in [1.29, 1.82) is 0 Å². The van der Waals surface area contributed by atoms with E-state index in [1.165, 1.54) is 0 Å². The number of hydrogen-bond donors (Lipinski definition) is 2. The summed E-state index contributed by atoms with van der Waals surface area (Å²) in [6, 6.07) is 0.115. The first-order chi connectivity index (χ1) is 18.9. The van der Waals surface area contributed by atoms with Crippen molar-refractivity contribution in [1.82, 2.24) is 15.6 Å². The van der Waals surface area contributed by atoms with Crippen molar-refractivity contribution in [3.05, 3.63) is 54.1 Å². The minimum absolute atomic E-state index is 0.00307. The number of nitrogens with zero attached hydrogens (tertiary/aromatic N) is 2. The van der Waals surface area contributed by atoms with Crippen LogP contribution >= 0.6 is 10.2 Å². The summed E-state index contributed by atoms with van der Waals surface area (Å²) in [5, 5.41) is 5.82.